The van der Waals surface area contributed by atoms with Gasteiger partial charge in [-0.15, -0.1) is 11.8 Å². The Morgan fingerprint density at radius 3 is 1.72 bits per heavy atom. The van der Waals surface area contributed by atoms with Crippen LogP contribution in [-0.4, -0.2) is 28.7 Å². The molecule has 0 spiro atoms. The minimum atomic E-state index is -0.208. The van der Waals surface area contributed by atoms with Crippen LogP contribution >= 0.6 is 11.8 Å². The van der Waals surface area contributed by atoms with E-state index in [1.807, 2.05) is 6.92 Å². The third-order valence-corrected chi connectivity index (χ3v) is 8.02. The molecule has 1 rings (SSSR count). The van der Waals surface area contributed by atoms with Crippen LogP contribution < -0.4 is 0 Å². The number of aromatic hydroxyl groups is 1. The number of rotatable bonds is 17. The van der Waals surface area contributed by atoms with Crippen LogP contribution in [0.25, 0.3) is 0 Å². The van der Waals surface area contributed by atoms with E-state index < -0.39 is 0 Å². The van der Waals surface area contributed by atoms with Gasteiger partial charge in [0.05, 0.1) is 6.61 Å². The van der Waals surface area contributed by atoms with Crippen molar-refractivity contribution in [2.24, 2.45) is 0 Å². The minimum absolute atomic E-state index is 0.100. The van der Waals surface area contributed by atoms with Gasteiger partial charge in [0, 0.05) is 0 Å². The summed E-state index contributed by atoms with van der Waals surface area (Å²) in [6.07, 6.45) is 14.7. The molecule has 1 aromatic carbocycles. The van der Waals surface area contributed by atoms with Crippen LogP contribution in [0.5, 0.6) is 5.75 Å². The minimum Gasteiger partial charge on any atom is -0.507 e. The number of hydrogen-bond donors (Lipinski definition) is 1. The summed E-state index contributed by atoms with van der Waals surface area (Å²) in [5, 5.41) is 10.9. The Morgan fingerprint density at radius 1 is 0.806 bits per heavy atom. The van der Waals surface area contributed by atoms with E-state index in [1.54, 1.807) is 11.8 Å². The third kappa shape index (κ3) is 12.4. The maximum Gasteiger partial charge on any atom is 0.319 e. The summed E-state index contributed by atoms with van der Waals surface area (Å²) in [5.74, 6) is 1.28. The zero-order valence-electron chi connectivity index (χ0n) is 24.8. The number of ether oxygens (including phenoxy) is 1. The van der Waals surface area contributed by atoms with Crippen LogP contribution in [0.3, 0.4) is 0 Å². The fourth-order valence-corrected chi connectivity index (χ4v) is 5.66. The lowest BCUT2D eigenvalue weighted by molar-refractivity contribution is -0.142. The largest absolute Gasteiger partial charge is 0.507 e. The maximum atomic E-state index is 13.0. The predicted molar refractivity (Wildman–Crippen MR) is 159 cm³/mol. The smallest absolute Gasteiger partial charge is 0.319 e. The summed E-state index contributed by atoms with van der Waals surface area (Å²) in [6, 6.07) is 4.21. The molecule has 0 aliphatic heterocycles. The number of unbranched alkanes of at least 4 members (excludes halogenated alkanes) is 9. The molecule has 1 N–H and O–H groups in total. The monoisotopic (exact) mass is 520 g/mol. The van der Waals surface area contributed by atoms with E-state index in [2.05, 4.69) is 60.6 Å². The lowest BCUT2D eigenvalue weighted by atomic mass is 9.78. The van der Waals surface area contributed by atoms with Gasteiger partial charge in [0.25, 0.3) is 0 Å². The first-order chi connectivity index (χ1) is 16.9. The van der Waals surface area contributed by atoms with Crippen molar-refractivity contribution in [2.45, 2.75) is 149 Å². The zero-order valence-corrected chi connectivity index (χ0v) is 25.6. The van der Waals surface area contributed by atoms with Gasteiger partial charge in [0.2, 0.25) is 0 Å². The standard InChI is InChI=1S/C32H56O3S/c1-9-11-12-13-14-15-16-17-18-19-21-36-28(30(34)35-20-10-2)24-25-22-26(31(3,4)5)29(33)27(23-25)32(6,7)8/h22-23,28,33H,9-21,24H2,1-8H3. The molecule has 1 aromatic rings. The number of carbonyl (C=O) groups excluding carboxylic acids is 1. The fraction of sp³-hybridized carbons (Fsp3) is 0.781. The summed E-state index contributed by atoms with van der Waals surface area (Å²) in [4.78, 5) is 13.0. The van der Waals surface area contributed by atoms with Crippen LogP contribution in [-0.2, 0) is 26.8 Å². The van der Waals surface area contributed by atoms with Crippen molar-refractivity contribution < 1.29 is 14.6 Å². The maximum absolute atomic E-state index is 13.0. The third-order valence-electron chi connectivity index (χ3n) is 6.74. The van der Waals surface area contributed by atoms with Gasteiger partial charge in [-0.05, 0) is 52.5 Å². The number of phenolic OH excluding ortho intramolecular Hbond substituents is 1. The van der Waals surface area contributed by atoms with E-state index >= 15 is 0 Å². The van der Waals surface area contributed by atoms with Gasteiger partial charge in [0.15, 0.2) is 0 Å². The van der Waals surface area contributed by atoms with Crippen LogP contribution in [0.4, 0.5) is 0 Å². The summed E-state index contributed by atoms with van der Waals surface area (Å²) >= 11 is 1.75. The van der Waals surface area contributed by atoms with E-state index in [0.717, 1.165) is 35.3 Å². The molecule has 0 aromatic heterocycles. The van der Waals surface area contributed by atoms with Gasteiger partial charge in [-0.25, -0.2) is 0 Å². The highest BCUT2D eigenvalue weighted by Gasteiger charge is 2.28. The van der Waals surface area contributed by atoms with Crippen molar-refractivity contribution in [3.8, 4) is 5.75 Å². The van der Waals surface area contributed by atoms with Gasteiger partial charge in [0.1, 0.15) is 11.0 Å². The molecule has 0 aliphatic carbocycles. The number of phenols is 1. The Morgan fingerprint density at radius 2 is 1.28 bits per heavy atom. The molecule has 1 atom stereocenters. The van der Waals surface area contributed by atoms with Crippen molar-refractivity contribution in [3.05, 3.63) is 28.8 Å². The van der Waals surface area contributed by atoms with Crippen LogP contribution in [0.1, 0.15) is 143 Å². The summed E-state index contributed by atoms with van der Waals surface area (Å²) in [6.45, 7) is 17.6. The first kappa shape index (κ1) is 32.9. The highest BCUT2D eigenvalue weighted by atomic mass is 32.2. The molecule has 0 saturated heterocycles. The first-order valence-corrected chi connectivity index (χ1v) is 15.6. The Balaban J connectivity index is 2.78. The molecule has 36 heavy (non-hydrogen) atoms. The second kappa shape index (κ2) is 16.6. The van der Waals surface area contributed by atoms with Crippen LogP contribution in [0.15, 0.2) is 12.1 Å². The zero-order chi connectivity index (χ0) is 27.2. The number of thioether (sulfide) groups is 1. The summed E-state index contributed by atoms with van der Waals surface area (Å²) in [5.41, 5.74) is 2.65. The van der Waals surface area contributed by atoms with Gasteiger partial charge >= 0.3 is 5.97 Å². The molecule has 3 nitrogen and oxygen atoms in total. The molecule has 0 radical (unpaired) electrons. The lowest BCUT2D eigenvalue weighted by Gasteiger charge is -2.28. The SMILES string of the molecule is CCCCCCCCCCCCSC(Cc1cc(C(C)(C)C)c(O)c(C(C)(C)C)c1)C(=O)OCCC. The molecule has 0 aliphatic rings. The van der Waals surface area contributed by atoms with E-state index in [9.17, 15) is 9.90 Å². The number of esters is 1. The lowest BCUT2D eigenvalue weighted by Crippen LogP contribution is -2.25. The molecule has 0 amide bonds. The summed E-state index contributed by atoms with van der Waals surface area (Å²) < 4.78 is 5.59. The number of carbonyl (C=O) groups is 1. The fourth-order valence-electron chi connectivity index (χ4n) is 4.49. The molecule has 208 valence electrons. The van der Waals surface area contributed by atoms with Crippen molar-refractivity contribution in [3.63, 3.8) is 0 Å². The molecular formula is C32H56O3S. The molecule has 0 saturated carbocycles. The second-order valence-corrected chi connectivity index (χ2v) is 13.8. The van der Waals surface area contributed by atoms with Crippen molar-refractivity contribution in [2.75, 3.05) is 12.4 Å². The highest BCUT2D eigenvalue weighted by Crippen LogP contribution is 2.40. The van der Waals surface area contributed by atoms with Crippen LogP contribution in [0.2, 0.25) is 0 Å². The van der Waals surface area contributed by atoms with E-state index in [0.29, 0.717) is 18.8 Å². The molecule has 0 heterocycles. The number of hydrogen-bond acceptors (Lipinski definition) is 4. The summed E-state index contributed by atoms with van der Waals surface area (Å²) in [7, 11) is 0. The Hall–Kier alpha value is -1.16. The predicted octanol–water partition coefficient (Wildman–Crippen LogP) is 9.51. The average Bonchev–Trinajstić information content (AvgIpc) is 2.79. The van der Waals surface area contributed by atoms with Crippen molar-refractivity contribution >= 4 is 17.7 Å². The normalized spacial score (nSPS) is 13.1. The van der Waals surface area contributed by atoms with Crippen LogP contribution in [0, 0.1) is 0 Å². The van der Waals surface area contributed by atoms with E-state index in [4.69, 9.17) is 4.74 Å². The molecular weight excluding hydrogens is 464 g/mol. The van der Waals surface area contributed by atoms with Gasteiger partial charge in [-0.3, -0.25) is 4.79 Å². The second-order valence-electron chi connectivity index (χ2n) is 12.5. The Labute approximate surface area is 227 Å². The van der Waals surface area contributed by atoms with Gasteiger partial charge in [-0.1, -0.05) is 125 Å². The molecule has 0 bridgehead atoms. The van der Waals surface area contributed by atoms with Crippen molar-refractivity contribution in [1.82, 2.24) is 0 Å². The molecule has 0 fully saturated rings. The first-order valence-electron chi connectivity index (χ1n) is 14.6. The highest BCUT2D eigenvalue weighted by molar-refractivity contribution is 8.00. The Kier molecular flexibility index (Phi) is 15.2. The number of benzene rings is 1. The van der Waals surface area contributed by atoms with E-state index in [1.165, 1.54) is 57.8 Å². The Bertz CT molecular complexity index is 723. The molecule has 4 heteroatoms. The average molecular weight is 521 g/mol. The van der Waals surface area contributed by atoms with Gasteiger partial charge < -0.3 is 9.84 Å². The topological polar surface area (TPSA) is 46.5 Å². The van der Waals surface area contributed by atoms with Crippen molar-refractivity contribution in [1.29, 1.82) is 0 Å². The van der Waals surface area contributed by atoms with Gasteiger partial charge in [-0.2, -0.15) is 0 Å². The quantitative estimate of drug-likeness (QED) is 0.164. The van der Waals surface area contributed by atoms with E-state index in [-0.39, 0.29) is 22.0 Å². The molecule has 1 unspecified atom stereocenters.